The van der Waals surface area contributed by atoms with Crippen LogP contribution in [0.5, 0.6) is 17.2 Å². The Hall–Kier alpha value is -2.86. The van der Waals surface area contributed by atoms with Crippen LogP contribution in [-0.4, -0.2) is 32.2 Å². The van der Waals surface area contributed by atoms with Crippen LogP contribution in [0.4, 0.5) is 0 Å². The molecule has 1 aromatic rings. The van der Waals surface area contributed by atoms with Gasteiger partial charge in [-0.15, -0.1) is 0 Å². The Bertz CT molecular complexity index is 1030. The van der Waals surface area contributed by atoms with Crippen molar-refractivity contribution >= 4 is 0 Å². The lowest BCUT2D eigenvalue weighted by Crippen LogP contribution is -2.57. The molecule has 0 saturated heterocycles. The number of hydrogen-bond acceptors (Lipinski definition) is 6. The van der Waals surface area contributed by atoms with Crippen molar-refractivity contribution in [2.75, 3.05) is 20.8 Å². The summed E-state index contributed by atoms with van der Waals surface area (Å²) < 4.78 is 29.7. The summed E-state index contributed by atoms with van der Waals surface area (Å²) in [6.45, 7) is 4.35. The van der Waals surface area contributed by atoms with Gasteiger partial charge < -0.3 is 23.7 Å². The maximum atomic E-state index is 6.81. The topological polar surface area (TPSA) is 72.2 Å². The Morgan fingerprint density at radius 2 is 1.83 bits per heavy atom. The first kappa shape index (κ1) is 19.1. The Balaban J connectivity index is 1.59. The highest BCUT2D eigenvalue weighted by molar-refractivity contribution is 5.56. The summed E-state index contributed by atoms with van der Waals surface area (Å²) in [4.78, 5) is 0. The molecular formula is C24H27NO5. The lowest BCUT2D eigenvalue weighted by Gasteiger charge is -2.46. The molecule has 0 saturated carbocycles. The number of benzene rings is 1. The lowest BCUT2D eigenvalue weighted by molar-refractivity contribution is -0.0708. The van der Waals surface area contributed by atoms with Crippen LogP contribution in [0.25, 0.3) is 0 Å². The van der Waals surface area contributed by atoms with Crippen molar-refractivity contribution in [2.45, 2.75) is 43.9 Å². The Morgan fingerprint density at radius 1 is 1.07 bits per heavy atom. The van der Waals surface area contributed by atoms with Crippen LogP contribution in [0.2, 0.25) is 0 Å². The van der Waals surface area contributed by atoms with Gasteiger partial charge >= 0.3 is 0 Å². The van der Waals surface area contributed by atoms with Crippen LogP contribution in [0.15, 0.2) is 59.1 Å². The summed E-state index contributed by atoms with van der Waals surface area (Å²) in [6, 6.07) is 3.81. The minimum absolute atomic E-state index is 0.0727. The summed E-state index contributed by atoms with van der Waals surface area (Å²) in [5.74, 6) is 3.67. The highest BCUT2D eigenvalue weighted by Gasteiger charge is 2.49. The van der Waals surface area contributed by atoms with Gasteiger partial charge in [-0.2, -0.15) is 0 Å². The van der Waals surface area contributed by atoms with E-state index in [2.05, 4.69) is 24.3 Å². The van der Waals surface area contributed by atoms with Crippen LogP contribution >= 0.6 is 0 Å². The van der Waals surface area contributed by atoms with Crippen LogP contribution < -0.4 is 19.9 Å². The molecule has 0 bridgehead atoms. The largest absolute Gasteiger partial charge is 0.493 e. The van der Waals surface area contributed by atoms with Gasteiger partial charge in [-0.25, -0.2) is 0 Å². The standard InChI is InChI=1S/C24H27NO5/c1-23(2)9-8-15-18(29-23)7-5-6-14-10-17-16-11-20(26-3)21(27-4)12-19(16)28-13-24(17,25)30-22(14)15/h5-6,8-9,11-12,17H,7,10,13,25H2,1-4H3. The Kier molecular flexibility index (Phi) is 4.19. The maximum Gasteiger partial charge on any atom is 0.200 e. The van der Waals surface area contributed by atoms with E-state index < -0.39 is 5.72 Å². The second-order valence-electron chi connectivity index (χ2n) is 8.68. The Morgan fingerprint density at radius 3 is 2.60 bits per heavy atom. The van der Waals surface area contributed by atoms with Crippen LogP contribution in [0, 0.1) is 0 Å². The molecule has 6 heteroatoms. The Labute approximate surface area is 176 Å². The van der Waals surface area contributed by atoms with Crippen molar-refractivity contribution in [2.24, 2.45) is 5.73 Å². The summed E-state index contributed by atoms with van der Waals surface area (Å²) >= 11 is 0. The summed E-state index contributed by atoms with van der Waals surface area (Å²) in [7, 11) is 3.24. The quantitative estimate of drug-likeness (QED) is 0.793. The van der Waals surface area contributed by atoms with Crippen LogP contribution in [0.1, 0.15) is 38.2 Å². The highest BCUT2D eigenvalue weighted by atomic mass is 16.6. The molecule has 0 spiro atoms. The molecular weight excluding hydrogens is 382 g/mol. The van der Waals surface area contributed by atoms with E-state index in [1.54, 1.807) is 14.2 Å². The van der Waals surface area contributed by atoms with Gasteiger partial charge in [0.2, 0.25) is 0 Å². The van der Waals surface area contributed by atoms with Crippen molar-refractivity contribution in [3.8, 4) is 17.2 Å². The fourth-order valence-electron chi connectivity index (χ4n) is 4.60. The van der Waals surface area contributed by atoms with E-state index in [0.717, 1.165) is 46.8 Å². The molecule has 5 rings (SSSR count). The SMILES string of the molecule is COc1cc2c(cc1OC)C1CC3=C(OC1(N)CO2)C1=C(CC=C3)OC(C)(C)C=C1. The van der Waals surface area contributed by atoms with Gasteiger partial charge in [-0.3, -0.25) is 5.73 Å². The van der Waals surface area contributed by atoms with Crippen molar-refractivity contribution in [3.63, 3.8) is 0 Å². The first-order valence-electron chi connectivity index (χ1n) is 10.2. The molecule has 2 unspecified atom stereocenters. The first-order valence-corrected chi connectivity index (χ1v) is 10.2. The lowest BCUT2D eigenvalue weighted by atomic mass is 9.78. The van der Waals surface area contributed by atoms with Gasteiger partial charge in [0.05, 0.1) is 19.8 Å². The smallest absolute Gasteiger partial charge is 0.200 e. The number of fused-ring (bicyclic) bond motifs is 4. The van der Waals surface area contributed by atoms with Gasteiger partial charge in [0.15, 0.2) is 17.2 Å². The van der Waals surface area contributed by atoms with Gasteiger partial charge in [0.1, 0.15) is 29.5 Å². The van der Waals surface area contributed by atoms with E-state index in [4.69, 9.17) is 29.4 Å². The van der Waals surface area contributed by atoms with E-state index in [1.165, 1.54) is 0 Å². The third-order valence-electron chi connectivity index (χ3n) is 6.15. The fourth-order valence-corrected chi connectivity index (χ4v) is 4.60. The van der Waals surface area contributed by atoms with Gasteiger partial charge in [0, 0.05) is 24.0 Å². The predicted molar refractivity (Wildman–Crippen MR) is 113 cm³/mol. The van der Waals surface area contributed by atoms with E-state index in [-0.39, 0.29) is 18.1 Å². The molecule has 6 nitrogen and oxygen atoms in total. The summed E-state index contributed by atoms with van der Waals surface area (Å²) in [5.41, 5.74) is 8.54. The van der Waals surface area contributed by atoms with Crippen molar-refractivity contribution < 1.29 is 23.7 Å². The summed E-state index contributed by atoms with van der Waals surface area (Å²) in [5, 5.41) is 0. The molecule has 158 valence electrons. The second-order valence-corrected chi connectivity index (χ2v) is 8.68. The molecule has 4 aliphatic rings. The van der Waals surface area contributed by atoms with Crippen molar-refractivity contribution in [1.29, 1.82) is 0 Å². The van der Waals surface area contributed by atoms with E-state index in [9.17, 15) is 0 Å². The fraction of sp³-hybridized carbons (Fsp3) is 0.417. The predicted octanol–water partition coefficient (Wildman–Crippen LogP) is 4.09. The number of hydrogen-bond donors (Lipinski definition) is 1. The molecule has 2 atom stereocenters. The third kappa shape index (κ3) is 2.89. The average molecular weight is 409 g/mol. The van der Waals surface area contributed by atoms with Gasteiger partial charge in [-0.1, -0.05) is 12.2 Å². The molecule has 1 aliphatic carbocycles. The number of allylic oxidation sites excluding steroid dienone is 4. The second kappa shape index (κ2) is 6.57. The van der Waals surface area contributed by atoms with E-state index >= 15 is 0 Å². The molecule has 0 fully saturated rings. The van der Waals surface area contributed by atoms with Gasteiger partial charge in [-0.05, 0) is 44.1 Å². The zero-order chi connectivity index (χ0) is 21.1. The maximum absolute atomic E-state index is 6.81. The first-order chi connectivity index (χ1) is 14.3. The number of methoxy groups -OCH3 is 2. The van der Waals surface area contributed by atoms with Crippen LogP contribution in [0.3, 0.4) is 0 Å². The normalized spacial score (nSPS) is 28.1. The van der Waals surface area contributed by atoms with E-state index in [1.807, 2.05) is 26.0 Å². The van der Waals surface area contributed by atoms with E-state index in [0.29, 0.717) is 11.5 Å². The number of ether oxygens (including phenoxy) is 5. The zero-order valence-corrected chi connectivity index (χ0v) is 17.8. The minimum Gasteiger partial charge on any atom is -0.493 e. The summed E-state index contributed by atoms with van der Waals surface area (Å²) in [6.07, 6.45) is 9.88. The molecule has 0 amide bonds. The van der Waals surface area contributed by atoms with Crippen molar-refractivity contribution in [1.82, 2.24) is 0 Å². The minimum atomic E-state index is -0.984. The molecule has 0 aromatic heterocycles. The monoisotopic (exact) mass is 409 g/mol. The molecule has 0 radical (unpaired) electrons. The molecule has 30 heavy (non-hydrogen) atoms. The number of rotatable bonds is 2. The third-order valence-corrected chi connectivity index (χ3v) is 6.15. The van der Waals surface area contributed by atoms with Crippen molar-refractivity contribution in [3.05, 3.63) is 64.7 Å². The molecule has 2 N–H and O–H groups in total. The average Bonchev–Trinajstić information content (AvgIpc) is 2.88. The number of nitrogens with two attached hydrogens (primary N) is 1. The van der Waals surface area contributed by atoms with Crippen LogP contribution in [-0.2, 0) is 9.47 Å². The van der Waals surface area contributed by atoms with Gasteiger partial charge in [0.25, 0.3) is 0 Å². The molecule has 1 aromatic carbocycles. The molecule has 3 heterocycles. The molecule has 3 aliphatic heterocycles. The zero-order valence-electron chi connectivity index (χ0n) is 17.8. The highest BCUT2D eigenvalue weighted by Crippen LogP contribution is 2.52.